The molecule has 0 unspecified atom stereocenters. The van der Waals surface area contributed by atoms with Crippen LogP contribution in [0.5, 0.6) is 0 Å². The van der Waals surface area contributed by atoms with Gasteiger partial charge in [0.2, 0.25) is 0 Å². The number of rotatable bonds is 4. The third kappa shape index (κ3) is 2.03. The summed E-state index contributed by atoms with van der Waals surface area (Å²) in [5, 5.41) is 0. The van der Waals surface area contributed by atoms with Gasteiger partial charge in [0.25, 0.3) is 0 Å². The minimum atomic E-state index is -1.20. The van der Waals surface area contributed by atoms with E-state index in [-0.39, 0.29) is 0 Å². The molecule has 0 aromatic rings. The van der Waals surface area contributed by atoms with E-state index < -0.39 is 8.07 Å². The van der Waals surface area contributed by atoms with Crippen molar-refractivity contribution in [1.29, 1.82) is 0 Å². The molecule has 0 aromatic heterocycles. The Morgan fingerprint density at radius 3 is 1.50 bits per heavy atom. The predicted octanol–water partition coefficient (Wildman–Crippen LogP) is 6.31. The van der Waals surface area contributed by atoms with Crippen LogP contribution in [0.25, 0.3) is 0 Å². The monoisotopic (exact) mass is 264 g/mol. The van der Waals surface area contributed by atoms with Gasteiger partial charge in [0, 0.05) is 0 Å². The molecule has 0 saturated heterocycles. The molecule has 0 spiro atoms. The molecular formula is C17H32Si. The maximum absolute atomic E-state index is 2.52. The molecule has 0 aliphatic heterocycles. The van der Waals surface area contributed by atoms with Crippen LogP contribution < -0.4 is 0 Å². The van der Waals surface area contributed by atoms with Crippen molar-refractivity contribution in [2.45, 2.75) is 95.8 Å². The lowest BCUT2D eigenvalue weighted by atomic mass is 10.1. The van der Waals surface area contributed by atoms with E-state index in [1.807, 2.05) is 11.1 Å². The van der Waals surface area contributed by atoms with Crippen LogP contribution in [0.15, 0.2) is 11.1 Å². The Bertz CT molecular complexity index is 298. The Morgan fingerprint density at radius 2 is 1.17 bits per heavy atom. The third-order valence-electron chi connectivity index (χ3n) is 6.15. The summed E-state index contributed by atoms with van der Waals surface area (Å²) in [6, 6.07) is 0. The van der Waals surface area contributed by atoms with Crippen molar-refractivity contribution < 1.29 is 0 Å². The number of hydrogen-bond acceptors (Lipinski definition) is 0. The summed E-state index contributed by atoms with van der Waals surface area (Å²) in [6.07, 6.45) is 7.29. The summed E-state index contributed by atoms with van der Waals surface area (Å²) in [5.74, 6) is 0. The van der Waals surface area contributed by atoms with Gasteiger partial charge >= 0.3 is 0 Å². The lowest BCUT2D eigenvalue weighted by molar-refractivity contribution is 0.679. The average molecular weight is 265 g/mol. The molecule has 0 atom stereocenters. The highest BCUT2D eigenvalue weighted by atomic mass is 28.3. The quantitative estimate of drug-likeness (QED) is 0.412. The van der Waals surface area contributed by atoms with Crippen molar-refractivity contribution in [1.82, 2.24) is 0 Å². The molecule has 0 nitrogen and oxygen atoms in total. The first-order valence-corrected chi connectivity index (χ1v) is 10.4. The van der Waals surface area contributed by atoms with Gasteiger partial charge in [0.15, 0.2) is 0 Å². The van der Waals surface area contributed by atoms with Crippen molar-refractivity contribution >= 4 is 8.07 Å². The molecule has 0 radical (unpaired) electrons. The topological polar surface area (TPSA) is 0 Å². The molecular weight excluding hydrogens is 232 g/mol. The highest BCUT2D eigenvalue weighted by molar-refractivity contribution is 6.84. The van der Waals surface area contributed by atoms with E-state index >= 15 is 0 Å². The van der Waals surface area contributed by atoms with E-state index in [0.717, 1.165) is 22.2 Å². The van der Waals surface area contributed by atoms with Crippen molar-refractivity contribution in [3.8, 4) is 0 Å². The first-order chi connectivity index (χ1) is 8.40. The SMILES string of the molecule is CC(C)[Si](C(C)C)(C(C)C)C1CC2=C(CCC2)C1. The normalized spacial score (nSPS) is 21.8. The smallest absolute Gasteiger partial charge is 0.0650 e. The number of allylic oxidation sites excluding steroid dienone is 2. The summed E-state index contributed by atoms with van der Waals surface area (Å²) in [6.45, 7) is 15.1. The minimum Gasteiger partial charge on any atom is -0.0710 e. The lowest BCUT2D eigenvalue weighted by Crippen LogP contribution is -2.48. The van der Waals surface area contributed by atoms with E-state index in [9.17, 15) is 0 Å². The fourth-order valence-corrected chi connectivity index (χ4v) is 13.8. The molecule has 2 aliphatic carbocycles. The van der Waals surface area contributed by atoms with Crippen LogP contribution in [0, 0.1) is 0 Å². The Morgan fingerprint density at radius 1 is 0.778 bits per heavy atom. The van der Waals surface area contributed by atoms with Crippen LogP contribution in [-0.2, 0) is 0 Å². The van der Waals surface area contributed by atoms with E-state index in [0.29, 0.717) is 0 Å². The van der Waals surface area contributed by atoms with Gasteiger partial charge in [0.05, 0.1) is 8.07 Å². The zero-order chi connectivity index (χ0) is 13.5. The van der Waals surface area contributed by atoms with E-state index in [2.05, 4.69) is 41.5 Å². The summed E-state index contributed by atoms with van der Waals surface area (Å²) in [5.41, 5.74) is 7.63. The zero-order valence-electron chi connectivity index (χ0n) is 13.3. The summed E-state index contributed by atoms with van der Waals surface area (Å²) >= 11 is 0. The van der Waals surface area contributed by atoms with Gasteiger partial charge in [-0.05, 0) is 37.6 Å². The molecule has 18 heavy (non-hydrogen) atoms. The molecule has 0 amide bonds. The molecule has 2 rings (SSSR count). The first-order valence-electron chi connectivity index (χ1n) is 8.10. The Balaban J connectivity index is 2.26. The number of hydrogen-bond donors (Lipinski definition) is 0. The molecule has 0 N–H and O–H groups in total. The Labute approximate surface area is 115 Å². The van der Waals surface area contributed by atoms with Crippen molar-refractivity contribution in [3.05, 3.63) is 11.1 Å². The molecule has 1 heteroatoms. The largest absolute Gasteiger partial charge is 0.0710 e. The highest BCUT2D eigenvalue weighted by Gasteiger charge is 2.50. The third-order valence-corrected chi connectivity index (χ3v) is 14.0. The van der Waals surface area contributed by atoms with Crippen LogP contribution >= 0.6 is 0 Å². The van der Waals surface area contributed by atoms with Crippen molar-refractivity contribution in [3.63, 3.8) is 0 Å². The van der Waals surface area contributed by atoms with Crippen molar-refractivity contribution in [2.24, 2.45) is 0 Å². The van der Waals surface area contributed by atoms with Gasteiger partial charge in [0.1, 0.15) is 0 Å². The van der Waals surface area contributed by atoms with Crippen LogP contribution in [0.2, 0.25) is 22.2 Å². The summed E-state index contributed by atoms with van der Waals surface area (Å²) < 4.78 is 0. The van der Waals surface area contributed by atoms with E-state index in [1.54, 1.807) is 0 Å². The van der Waals surface area contributed by atoms with Crippen molar-refractivity contribution in [2.75, 3.05) is 0 Å². The van der Waals surface area contributed by atoms with E-state index in [1.165, 1.54) is 32.1 Å². The molecule has 0 bridgehead atoms. The maximum atomic E-state index is 2.52. The second-order valence-corrected chi connectivity index (χ2v) is 13.9. The fourth-order valence-electron chi connectivity index (χ4n) is 5.80. The standard InChI is InChI=1S/C17H32Si/c1-12(2)18(13(3)4,14(5)6)17-10-15-8-7-9-16(15)11-17/h12-14,17H,7-11H2,1-6H3. The second-order valence-electron chi connectivity index (χ2n) is 7.63. The average Bonchev–Trinajstić information content (AvgIpc) is 2.76. The fraction of sp³-hybridized carbons (Fsp3) is 0.882. The van der Waals surface area contributed by atoms with Crippen LogP contribution in [0.3, 0.4) is 0 Å². The second kappa shape index (κ2) is 5.15. The molecule has 2 aliphatic rings. The first kappa shape index (κ1) is 14.4. The van der Waals surface area contributed by atoms with Crippen LogP contribution in [-0.4, -0.2) is 8.07 Å². The molecule has 0 heterocycles. The Kier molecular flexibility index (Phi) is 4.11. The molecule has 0 aromatic carbocycles. The highest BCUT2D eigenvalue weighted by Crippen LogP contribution is 2.58. The molecule has 104 valence electrons. The maximum Gasteiger partial charge on any atom is 0.0650 e. The lowest BCUT2D eigenvalue weighted by Gasteiger charge is -2.48. The predicted molar refractivity (Wildman–Crippen MR) is 84.9 cm³/mol. The molecule has 0 saturated carbocycles. The summed E-state index contributed by atoms with van der Waals surface area (Å²) in [7, 11) is -1.20. The zero-order valence-corrected chi connectivity index (χ0v) is 14.3. The minimum absolute atomic E-state index is 0.933. The van der Waals surface area contributed by atoms with Gasteiger partial charge in [-0.3, -0.25) is 0 Å². The van der Waals surface area contributed by atoms with E-state index in [4.69, 9.17) is 0 Å². The summed E-state index contributed by atoms with van der Waals surface area (Å²) in [4.78, 5) is 0. The van der Waals surface area contributed by atoms with Gasteiger partial charge in [-0.15, -0.1) is 0 Å². The van der Waals surface area contributed by atoms with Gasteiger partial charge in [-0.1, -0.05) is 69.3 Å². The van der Waals surface area contributed by atoms with Gasteiger partial charge < -0.3 is 0 Å². The Hall–Kier alpha value is -0.0431. The van der Waals surface area contributed by atoms with Gasteiger partial charge in [-0.2, -0.15) is 0 Å². The van der Waals surface area contributed by atoms with Crippen LogP contribution in [0.1, 0.15) is 73.6 Å². The molecule has 0 fully saturated rings. The van der Waals surface area contributed by atoms with Gasteiger partial charge in [-0.25, -0.2) is 0 Å². The van der Waals surface area contributed by atoms with Crippen LogP contribution in [0.4, 0.5) is 0 Å².